The molecule has 0 aliphatic carbocycles. The van der Waals surface area contributed by atoms with Crippen molar-refractivity contribution in [2.24, 2.45) is 0 Å². The minimum Gasteiger partial charge on any atom is -0.492 e. The molecule has 1 amide bonds. The van der Waals surface area contributed by atoms with Gasteiger partial charge in [0, 0.05) is 12.1 Å². The summed E-state index contributed by atoms with van der Waals surface area (Å²) in [4.78, 5) is 12.2. The van der Waals surface area contributed by atoms with Crippen molar-refractivity contribution in [3.8, 4) is 5.75 Å². The first-order valence-electron chi connectivity index (χ1n) is 8.00. The fourth-order valence-electron chi connectivity index (χ4n) is 2.15. The topological polar surface area (TPSA) is 84.5 Å². The highest BCUT2D eigenvalue weighted by Crippen LogP contribution is 2.12. The van der Waals surface area contributed by atoms with E-state index in [1.165, 1.54) is 12.1 Å². The number of sulfonamides is 1. The van der Waals surface area contributed by atoms with Crippen LogP contribution >= 0.6 is 0 Å². The zero-order valence-electron chi connectivity index (χ0n) is 14.3. The predicted molar refractivity (Wildman–Crippen MR) is 96.3 cm³/mol. The number of amides is 1. The number of hydrogen-bond acceptors (Lipinski definition) is 4. The van der Waals surface area contributed by atoms with Crippen LogP contribution in [-0.4, -0.2) is 34.0 Å². The van der Waals surface area contributed by atoms with Crippen molar-refractivity contribution >= 4 is 15.9 Å². The molecule has 134 valence electrons. The smallest absolute Gasteiger partial charge is 0.251 e. The maximum absolute atomic E-state index is 12.2. The quantitative estimate of drug-likeness (QED) is 0.705. The molecule has 25 heavy (non-hydrogen) atoms. The van der Waals surface area contributed by atoms with Crippen LogP contribution in [0.1, 0.15) is 22.8 Å². The van der Waals surface area contributed by atoms with Crippen LogP contribution in [0.15, 0.2) is 53.4 Å². The predicted octanol–water partition coefficient (Wildman–Crippen LogP) is 2.10. The second-order valence-electron chi connectivity index (χ2n) is 5.45. The van der Waals surface area contributed by atoms with E-state index in [4.69, 9.17) is 4.74 Å². The molecule has 6 nitrogen and oxygen atoms in total. The highest BCUT2D eigenvalue weighted by molar-refractivity contribution is 7.89. The monoisotopic (exact) mass is 362 g/mol. The maximum atomic E-state index is 12.2. The third-order valence-electron chi connectivity index (χ3n) is 3.42. The van der Waals surface area contributed by atoms with Crippen LogP contribution in [0.25, 0.3) is 0 Å². The van der Waals surface area contributed by atoms with E-state index in [2.05, 4.69) is 10.0 Å². The van der Waals surface area contributed by atoms with Gasteiger partial charge >= 0.3 is 0 Å². The van der Waals surface area contributed by atoms with E-state index in [0.717, 1.165) is 11.3 Å². The van der Waals surface area contributed by atoms with Crippen LogP contribution in [0.4, 0.5) is 0 Å². The first-order valence-corrected chi connectivity index (χ1v) is 9.48. The molecule has 0 atom stereocenters. The van der Waals surface area contributed by atoms with Gasteiger partial charge in [-0.2, -0.15) is 0 Å². The Kier molecular flexibility index (Phi) is 6.55. The van der Waals surface area contributed by atoms with Gasteiger partial charge in [0.05, 0.1) is 11.4 Å². The average Bonchev–Trinajstić information content (AvgIpc) is 2.60. The molecule has 0 aliphatic rings. The van der Waals surface area contributed by atoms with Gasteiger partial charge in [-0.3, -0.25) is 4.79 Å². The number of benzene rings is 2. The third kappa shape index (κ3) is 5.58. The molecule has 2 aromatic rings. The van der Waals surface area contributed by atoms with E-state index in [1.54, 1.807) is 19.1 Å². The van der Waals surface area contributed by atoms with Gasteiger partial charge in [-0.05, 0) is 37.3 Å². The number of nitrogens with one attached hydrogen (secondary N) is 2. The molecule has 0 aromatic heterocycles. The molecule has 2 N–H and O–H groups in total. The summed E-state index contributed by atoms with van der Waals surface area (Å²) in [6, 6.07) is 13.6. The summed E-state index contributed by atoms with van der Waals surface area (Å²) in [6.07, 6.45) is 0. The average molecular weight is 362 g/mol. The lowest BCUT2D eigenvalue weighted by Gasteiger charge is -2.09. The standard InChI is InChI=1S/C18H22N2O4S/c1-3-20-25(22,23)17-6-4-5-15(13-17)18(21)19-11-12-24-16-9-7-14(2)8-10-16/h4-10,13,20H,3,11-12H2,1-2H3,(H,19,21). The summed E-state index contributed by atoms with van der Waals surface area (Å²) in [7, 11) is -3.59. The summed E-state index contributed by atoms with van der Waals surface area (Å²) in [5.41, 5.74) is 1.43. The van der Waals surface area contributed by atoms with E-state index in [9.17, 15) is 13.2 Å². The Hall–Kier alpha value is -2.38. The molecule has 0 saturated heterocycles. The summed E-state index contributed by atoms with van der Waals surface area (Å²) in [5, 5.41) is 2.71. The minimum atomic E-state index is -3.59. The Bertz CT molecular complexity index is 817. The van der Waals surface area contributed by atoms with Crippen molar-refractivity contribution in [1.82, 2.24) is 10.0 Å². The molecule has 0 bridgehead atoms. The second-order valence-corrected chi connectivity index (χ2v) is 7.21. The van der Waals surface area contributed by atoms with Gasteiger partial charge in [0.25, 0.3) is 5.91 Å². The third-order valence-corrected chi connectivity index (χ3v) is 4.96. The number of ether oxygens (including phenoxy) is 1. The summed E-state index contributed by atoms with van der Waals surface area (Å²) in [6.45, 7) is 4.62. The molecular formula is C18H22N2O4S. The summed E-state index contributed by atoms with van der Waals surface area (Å²) >= 11 is 0. The van der Waals surface area contributed by atoms with Crippen molar-refractivity contribution in [2.75, 3.05) is 19.7 Å². The van der Waals surface area contributed by atoms with Crippen LogP contribution < -0.4 is 14.8 Å². The van der Waals surface area contributed by atoms with Gasteiger partial charge in [-0.1, -0.05) is 30.7 Å². The first kappa shape index (κ1) is 19.0. The Balaban J connectivity index is 1.89. The van der Waals surface area contributed by atoms with Crippen molar-refractivity contribution in [3.63, 3.8) is 0 Å². The fourth-order valence-corrected chi connectivity index (χ4v) is 3.23. The highest BCUT2D eigenvalue weighted by atomic mass is 32.2. The Morgan fingerprint density at radius 2 is 1.84 bits per heavy atom. The number of rotatable bonds is 8. The van der Waals surface area contributed by atoms with Crippen LogP contribution in [0.5, 0.6) is 5.75 Å². The SMILES string of the molecule is CCNS(=O)(=O)c1cccc(C(=O)NCCOc2ccc(C)cc2)c1. The second kappa shape index (κ2) is 8.64. The molecule has 7 heteroatoms. The van der Waals surface area contributed by atoms with E-state index in [1.807, 2.05) is 31.2 Å². The largest absolute Gasteiger partial charge is 0.492 e. The van der Waals surface area contributed by atoms with Crippen LogP contribution in [0, 0.1) is 6.92 Å². The summed E-state index contributed by atoms with van der Waals surface area (Å²) in [5.74, 6) is 0.389. The summed E-state index contributed by atoms with van der Waals surface area (Å²) < 4.78 is 31.9. The van der Waals surface area contributed by atoms with Gasteiger partial charge in [-0.25, -0.2) is 13.1 Å². The molecular weight excluding hydrogens is 340 g/mol. The van der Waals surface area contributed by atoms with E-state index >= 15 is 0 Å². The molecule has 0 spiro atoms. The molecule has 0 aliphatic heterocycles. The zero-order valence-corrected chi connectivity index (χ0v) is 15.1. The van der Waals surface area contributed by atoms with E-state index in [-0.39, 0.29) is 22.9 Å². The van der Waals surface area contributed by atoms with Gasteiger partial charge in [-0.15, -0.1) is 0 Å². The molecule has 2 rings (SSSR count). The molecule has 0 saturated carbocycles. The Morgan fingerprint density at radius 1 is 1.12 bits per heavy atom. The van der Waals surface area contributed by atoms with Crippen molar-refractivity contribution in [2.45, 2.75) is 18.7 Å². The Labute approximate surface area is 148 Å². The lowest BCUT2D eigenvalue weighted by molar-refractivity contribution is 0.0947. The molecule has 2 aromatic carbocycles. The molecule has 0 fully saturated rings. The van der Waals surface area contributed by atoms with Gasteiger partial charge < -0.3 is 10.1 Å². The lowest BCUT2D eigenvalue weighted by atomic mass is 10.2. The van der Waals surface area contributed by atoms with E-state index in [0.29, 0.717) is 13.2 Å². The van der Waals surface area contributed by atoms with Crippen LogP contribution in [-0.2, 0) is 10.0 Å². The maximum Gasteiger partial charge on any atom is 0.251 e. The lowest BCUT2D eigenvalue weighted by Crippen LogP contribution is -2.28. The molecule has 0 radical (unpaired) electrons. The Morgan fingerprint density at radius 3 is 2.52 bits per heavy atom. The number of aryl methyl sites for hydroxylation is 1. The van der Waals surface area contributed by atoms with Gasteiger partial charge in [0.1, 0.15) is 12.4 Å². The number of carbonyl (C=O) groups excluding carboxylic acids is 1. The fraction of sp³-hybridized carbons (Fsp3) is 0.278. The normalized spacial score (nSPS) is 11.1. The molecule has 0 heterocycles. The first-order chi connectivity index (χ1) is 11.9. The zero-order chi connectivity index (χ0) is 18.3. The van der Waals surface area contributed by atoms with Gasteiger partial charge in [0.2, 0.25) is 10.0 Å². The highest BCUT2D eigenvalue weighted by Gasteiger charge is 2.15. The van der Waals surface area contributed by atoms with Gasteiger partial charge in [0.15, 0.2) is 0 Å². The van der Waals surface area contributed by atoms with Crippen molar-refractivity contribution < 1.29 is 17.9 Å². The van der Waals surface area contributed by atoms with Crippen LogP contribution in [0.3, 0.4) is 0 Å². The number of carbonyl (C=O) groups is 1. The molecule has 0 unspecified atom stereocenters. The van der Waals surface area contributed by atoms with Crippen molar-refractivity contribution in [3.05, 3.63) is 59.7 Å². The number of hydrogen-bond donors (Lipinski definition) is 2. The van der Waals surface area contributed by atoms with Crippen LogP contribution in [0.2, 0.25) is 0 Å². The van der Waals surface area contributed by atoms with Crippen molar-refractivity contribution in [1.29, 1.82) is 0 Å². The minimum absolute atomic E-state index is 0.0675. The van der Waals surface area contributed by atoms with E-state index < -0.39 is 10.0 Å².